The molecule has 3 heteroatoms. The van der Waals surface area contributed by atoms with Crippen LogP contribution >= 0.6 is 0 Å². The minimum Gasteiger partial charge on any atom is -0.399 e. The van der Waals surface area contributed by atoms with Crippen molar-refractivity contribution < 1.29 is 5.11 Å². The molecule has 0 aromatic heterocycles. The summed E-state index contributed by atoms with van der Waals surface area (Å²) in [4.78, 5) is 0. The van der Waals surface area contributed by atoms with Crippen molar-refractivity contribution in [2.45, 2.75) is 6.61 Å². The van der Waals surface area contributed by atoms with Crippen LogP contribution in [0.2, 0.25) is 0 Å². The summed E-state index contributed by atoms with van der Waals surface area (Å²) in [5.41, 5.74) is 18.5. The van der Waals surface area contributed by atoms with E-state index in [0.29, 0.717) is 0 Å². The maximum absolute atomic E-state index is 9.10. The number of anilines is 2. The number of benzene rings is 3. The van der Waals surface area contributed by atoms with Gasteiger partial charge in [-0.05, 0) is 40.5 Å². The molecule has 0 unspecified atom stereocenters. The van der Waals surface area contributed by atoms with Crippen LogP contribution in [0.3, 0.4) is 0 Å². The fraction of sp³-hybridized carbons (Fsp3) is 0.0526. The Hall–Kier alpha value is -2.78. The quantitative estimate of drug-likeness (QED) is 0.644. The summed E-state index contributed by atoms with van der Waals surface area (Å²) in [5.74, 6) is 0. The van der Waals surface area contributed by atoms with Gasteiger partial charge in [0.15, 0.2) is 0 Å². The molecular weight excluding hydrogens is 272 g/mol. The van der Waals surface area contributed by atoms with E-state index in [1.54, 1.807) is 0 Å². The van der Waals surface area contributed by atoms with E-state index in [9.17, 15) is 0 Å². The highest BCUT2D eigenvalue weighted by molar-refractivity contribution is 5.81. The highest BCUT2D eigenvalue weighted by Crippen LogP contribution is 2.31. The van der Waals surface area contributed by atoms with Crippen LogP contribution in [-0.2, 0) is 6.61 Å². The van der Waals surface area contributed by atoms with E-state index < -0.39 is 0 Å². The zero-order valence-corrected chi connectivity index (χ0v) is 12.2. The van der Waals surface area contributed by atoms with Crippen molar-refractivity contribution in [2.75, 3.05) is 11.5 Å². The van der Waals surface area contributed by atoms with Crippen LogP contribution < -0.4 is 11.5 Å². The van der Waals surface area contributed by atoms with Crippen LogP contribution in [0.15, 0.2) is 66.7 Å². The fourth-order valence-electron chi connectivity index (χ4n) is 2.47. The number of aliphatic hydroxyl groups is 1. The van der Waals surface area contributed by atoms with E-state index in [0.717, 1.165) is 39.2 Å². The Morgan fingerprint density at radius 2 is 1.27 bits per heavy atom. The molecule has 0 aliphatic heterocycles. The molecule has 0 bridgehead atoms. The van der Waals surface area contributed by atoms with Crippen molar-refractivity contribution in [2.24, 2.45) is 0 Å². The van der Waals surface area contributed by atoms with Gasteiger partial charge in [-0.2, -0.15) is 0 Å². The normalized spacial score (nSPS) is 10.6. The molecule has 0 fully saturated rings. The van der Waals surface area contributed by atoms with Crippen LogP contribution in [0.1, 0.15) is 5.56 Å². The van der Waals surface area contributed by atoms with Crippen molar-refractivity contribution in [3.63, 3.8) is 0 Å². The van der Waals surface area contributed by atoms with E-state index in [4.69, 9.17) is 16.6 Å². The molecule has 0 heterocycles. The summed E-state index contributed by atoms with van der Waals surface area (Å²) in [5, 5.41) is 9.10. The molecule has 5 N–H and O–H groups in total. The largest absolute Gasteiger partial charge is 0.399 e. The summed E-state index contributed by atoms with van der Waals surface area (Å²) < 4.78 is 0. The predicted molar refractivity (Wildman–Crippen MR) is 92.1 cm³/mol. The molecule has 0 spiro atoms. The number of hydrogen-bond donors (Lipinski definition) is 3. The summed E-state index contributed by atoms with van der Waals surface area (Å²) >= 11 is 0. The van der Waals surface area contributed by atoms with E-state index in [2.05, 4.69) is 6.07 Å². The van der Waals surface area contributed by atoms with Crippen LogP contribution in [0.25, 0.3) is 22.3 Å². The molecule has 0 saturated carbocycles. The third kappa shape index (κ3) is 2.80. The van der Waals surface area contributed by atoms with Crippen molar-refractivity contribution in [3.05, 3.63) is 72.3 Å². The molecule has 0 radical (unpaired) electrons. The van der Waals surface area contributed by atoms with Crippen LogP contribution in [0.4, 0.5) is 11.4 Å². The van der Waals surface area contributed by atoms with Crippen molar-refractivity contribution in [3.8, 4) is 22.3 Å². The van der Waals surface area contributed by atoms with E-state index in [1.165, 1.54) is 0 Å². The average Bonchev–Trinajstić information content (AvgIpc) is 2.56. The van der Waals surface area contributed by atoms with E-state index in [1.807, 2.05) is 60.7 Å². The van der Waals surface area contributed by atoms with Gasteiger partial charge >= 0.3 is 0 Å². The highest BCUT2D eigenvalue weighted by atomic mass is 16.3. The lowest BCUT2D eigenvalue weighted by atomic mass is 9.98. The second-order valence-corrected chi connectivity index (χ2v) is 5.28. The van der Waals surface area contributed by atoms with Gasteiger partial charge in [0.25, 0.3) is 0 Å². The van der Waals surface area contributed by atoms with E-state index >= 15 is 0 Å². The molecule has 3 aromatic carbocycles. The Balaban J connectivity index is 1.96. The first-order chi connectivity index (χ1) is 10.7. The molecule has 0 saturated heterocycles. The smallest absolute Gasteiger partial charge is 0.0681 e. The SMILES string of the molecule is Nc1ccc(-c2ccc(-c3ccc(CO)cc3)c(N)c2)cc1. The first kappa shape index (κ1) is 14.2. The highest BCUT2D eigenvalue weighted by Gasteiger charge is 2.05. The minimum absolute atomic E-state index is 0.0475. The Morgan fingerprint density at radius 3 is 1.86 bits per heavy atom. The summed E-state index contributed by atoms with van der Waals surface area (Å²) in [7, 11) is 0. The van der Waals surface area contributed by atoms with Gasteiger partial charge in [-0.25, -0.2) is 0 Å². The molecule has 3 aromatic rings. The van der Waals surface area contributed by atoms with E-state index in [-0.39, 0.29) is 6.61 Å². The second kappa shape index (κ2) is 5.92. The Morgan fingerprint density at radius 1 is 0.682 bits per heavy atom. The van der Waals surface area contributed by atoms with Crippen molar-refractivity contribution in [1.82, 2.24) is 0 Å². The molecule has 0 atom stereocenters. The number of hydrogen-bond acceptors (Lipinski definition) is 3. The minimum atomic E-state index is 0.0475. The van der Waals surface area contributed by atoms with Gasteiger partial charge < -0.3 is 16.6 Å². The van der Waals surface area contributed by atoms with Gasteiger partial charge in [0.2, 0.25) is 0 Å². The first-order valence-corrected chi connectivity index (χ1v) is 7.13. The molecule has 3 rings (SSSR count). The van der Waals surface area contributed by atoms with Gasteiger partial charge in [-0.1, -0.05) is 48.5 Å². The lowest BCUT2D eigenvalue weighted by Crippen LogP contribution is -1.92. The molecular formula is C19H18N2O. The Kier molecular flexibility index (Phi) is 3.81. The van der Waals surface area contributed by atoms with Crippen LogP contribution in [0.5, 0.6) is 0 Å². The van der Waals surface area contributed by atoms with Crippen molar-refractivity contribution in [1.29, 1.82) is 0 Å². The fourth-order valence-corrected chi connectivity index (χ4v) is 2.47. The summed E-state index contributed by atoms with van der Waals surface area (Å²) in [6.45, 7) is 0.0475. The van der Waals surface area contributed by atoms with Gasteiger partial charge in [0.05, 0.1) is 6.61 Å². The number of aliphatic hydroxyl groups excluding tert-OH is 1. The molecule has 0 amide bonds. The second-order valence-electron chi connectivity index (χ2n) is 5.28. The number of rotatable bonds is 3. The zero-order chi connectivity index (χ0) is 15.5. The maximum atomic E-state index is 9.10. The average molecular weight is 290 g/mol. The lowest BCUT2D eigenvalue weighted by molar-refractivity contribution is 0.282. The summed E-state index contributed by atoms with van der Waals surface area (Å²) in [6, 6.07) is 21.5. The molecule has 110 valence electrons. The number of nitrogen functional groups attached to an aromatic ring is 2. The third-order valence-electron chi connectivity index (χ3n) is 3.74. The monoisotopic (exact) mass is 290 g/mol. The zero-order valence-electron chi connectivity index (χ0n) is 12.2. The number of nitrogens with two attached hydrogens (primary N) is 2. The molecule has 0 aliphatic carbocycles. The first-order valence-electron chi connectivity index (χ1n) is 7.13. The van der Waals surface area contributed by atoms with Crippen LogP contribution in [-0.4, -0.2) is 5.11 Å². The maximum Gasteiger partial charge on any atom is 0.0681 e. The topological polar surface area (TPSA) is 72.3 Å². The van der Waals surface area contributed by atoms with Gasteiger partial charge in [0, 0.05) is 16.9 Å². The van der Waals surface area contributed by atoms with Crippen molar-refractivity contribution >= 4 is 11.4 Å². The molecule has 3 nitrogen and oxygen atoms in total. The molecule has 0 aliphatic rings. The van der Waals surface area contributed by atoms with Gasteiger partial charge in [-0.3, -0.25) is 0 Å². The third-order valence-corrected chi connectivity index (χ3v) is 3.74. The Bertz CT molecular complexity index is 778. The standard InChI is InChI=1S/C19H18N2O/c20-17-8-5-14(6-9-17)16-7-10-18(19(21)11-16)15-3-1-13(12-22)2-4-15/h1-11,22H,12,20-21H2. The van der Waals surface area contributed by atoms with Crippen LogP contribution in [0, 0.1) is 0 Å². The Labute approximate surface area is 129 Å². The molecule has 22 heavy (non-hydrogen) atoms. The van der Waals surface area contributed by atoms with Gasteiger partial charge in [0.1, 0.15) is 0 Å². The predicted octanol–water partition coefficient (Wildman–Crippen LogP) is 3.68. The van der Waals surface area contributed by atoms with Gasteiger partial charge in [-0.15, -0.1) is 0 Å². The lowest BCUT2D eigenvalue weighted by Gasteiger charge is -2.10. The summed E-state index contributed by atoms with van der Waals surface area (Å²) in [6.07, 6.45) is 0.